The van der Waals surface area contributed by atoms with Crippen LogP contribution in [0.5, 0.6) is 0 Å². The lowest BCUT2D eigenvalue weighted by Crippen LogP contribution is -2.26. The molecule has 0 fully saturated rings. The van der Waals surface area contributed by atoms with Crippen molar-refractivity contribution in [1.82, 2.24) is 9.97 Å². The summed E-state index contributed by atoms with van der Waals surface area (Å²) < 4.78 is 15.5. The molecule has 0 radical (unpaired) electrons. The molecule has 0 bridgehead atoms. The molecule has 1 aromatic carbocycles. The molecular weight excluding hydrogens is 396 g/mol. The number of Topliss-reactive ketones (excluding diaryl/α,β-unsaturated/α-hetero) is 1. The van der Waals surface area contributed by atoms with Gasteiger partial charge < -0.3 is 18.9 Å². The van der Waals surface area contributed by atoms with Crippen LogP contribution in [0.15, 0.2) is 33.9 Å². The molecule has 1 atom stereocenters. The lowest BCUT2D eigenvalue weighted by atomic mass is 10.1. The van der Waals surface area contributed by atoms with Gasteiger partial charge in [0.05, 0.1) is 18.4 Å². The lowest BCUT2D eigenvalue weighted by molar-refractivity contribution is -0.143. The number of aromatic nitrogens is 2. The van der Waals surface area contributed by atoms with Gasteiger partial charge in [0, 0.05) is 5.69 Å². The SMILES string of the molecule is COC(=O)c1c(C)[nH]c(C(=O)[C@H](C)OC(=O)CSc2nc3ccccc3o2)c1C. The topological polar surface area (TPSA) is 111 Å². The number of hydrogen-bond acceptors (Lipinski definition) is 8. The molecule has 2 heterocycles. The van der Waals surface area contributed by atoms with Crippen LogP contribution in [-0.2, 0) is 14.3 Å². The van der Waals surface area contributed by atoms with Gasteiger partial charge in [0.15, 0.2) is 11.7 Å². The van der Waals surface area contributed by atoms with Crippen LogP contribution < -0.4 is 0 Å². The molecule has 0 aliphatic rings. The number of aryl methyl sites for hydroxylation is 1. The summed E-state index contributed by atoms with van der Waals surface area (Å²) in [4.78, 5) is 43.8. The third-order valence-electron chi connectivity index (χ3n) is 4.34. The molecule has 9 heteroatoms. The number of thioether (sulfide) groups is 1. The number of carbonyl (C=O) groups is 3. The molecule has 0 saturated heterocycles. The highest BCUT2D eigenvalue weighted by molar-refractivity contribution is 7.99. The number of benzene rings is 1. The van der Waals surface area contributed by atoms with E-state index in [-0.39, 0.29) is 11.4 Å². The van der Waals surface area contributed by atoms with Gasteiger partial charge in [0.25, 0.3) is 5.22 Å². The average Bonchev–Trinajstić information content (AvgIpc) is 3.25. The van der Waals surface area contributed by atoms with Crippen LogP contribution >= 0.6 is 11.8 Å². The predicted molar refractivity (Wildman–Crippen MR) is 106 cm³/mol. The summed E-state index contributed by atoms with van der Waals surface area (Å²) in [5, 5.41) is 0.348. The molecule has 0 spiro atoms. The number of para-hydroxylation sites is 2. The summed E-state index contributed by atoms with van der Waals surface area (Å²) in [5.74, 6) is -1.59. The number of nitrogens with one attached hydrogen (secondary N) is 1. The van der Waals surface area contributed by atoms with Gasteiger partial charge >= 0.3 is 11.9 Å². The van der Waals surface area contributed by atoms with Crippen LogP contribution in [0.25, 0.3) is 11.1 Å². The quantitative estimate of drug-likeness (QED) is 0.354. The first kappa shape index (κ1) is 20.7. The second-order valence-electron chi connectivity index (χ2n) is 6.35. The van der Waals surface area contributed by atoms with Crippen LogP contribution in [0.1, 0.15) is 39.0 Å². The van der Waals surface area contributed by atoms with Gasteiger partial charge in [-0.3, -0.25) is 9.59 Å². The van der Waals surface area contributed by atoms with E-state index in [1.54, 1.807) is 19.9 Å². The standard InChI is InChI=1S/C20H20N2O6S/c1-10-16(19(25)26-4)11(2)21-17(10)18(24)12(3)27-15(23)9-29-20-22-13-7-5-6-8-14(13)28-20/h5-8,12,21H,9H2,1-4H3/t12-/m0/s1. The summed E-state index contributed by atoms with van der Waals surface area (Å²) in [5.41, 5.74) is 2.83. The van der Waals surface area contributed by atoms with Crippen molar-refractivity contribution in [2.75, 3.05) is 12.9 Å². The molecule has 0 saturated carbocycles. The minimum Gasteiger partial charge on any atom is -0.465 e. The molecule has 8 nitrogen and oxygen atoms in total. The number of nitrogens with zero attached hydrogens (tertiary/aromatic N) is 1. The van der Waals surface area contributed by atoms with Gasteiger partial charge in [-0.1, -0.05) is 23.9 Å². The zero-order valence-electron chi connectivity index (χ0n) is 16.4. The molecule has 1 N–H and O–H groups in total. The zero-order chi connectivity index (χ0) is 21.1. The molecule has 3 rings (SSSR count). The summed E-state index contributed by atoms with van der Waals surface area (Å²) in [6, 6.07) is 7.27. The van der Waals surface area contributed by atoms with E-state index in [4.69, 9.17) is 13.9 Å². The predicted octanol–water partition coefficient (Wildman–Crippen LogP) is 3.47. The second-order valence-corrected chi connectivity index (χ2v) is 7.28. The van der Waals surface area contributed by atoms with Crippen molar-refractivity contribution in [3.8, 4) is 0 Å². The lowest BCUT2D eigenvalue weighted by Gasteiger charge is -2.11. The average molecular weight is 416 g/mol. The Morgan fingerprint density at radius 1 is 1.24 bits per heavy atom. The molecule has 0 amide bonds. The van der Waals surface area contributed by atoms with E-state index in [1.165, 1.54) is 14.0 Å². The van der Waals surface area contributed by atoms with E-state index >= 15 is 0 Å². The van der Waals surface area contributed by atoms with Gasteiger partial charge in [0.1, 0.15) is 11.3 Å². The minimum atomic E-state index is -1.02. The molecule has 2 aromatic heterocycles. The molecule has 3 aromatic rings. The maximum Gasteiger partial charge on any atom is 0.339 e. The Morgan fingerprint density at radius 3 is 2.66 bits per heavy atom. The summed E-state index contributed by atoms with van der Waals surface area (Å²) in [7, 11) is 1.27. The Hall–Kier alpha value is -3.07. The normalized spacial score (nSPS) is 12.0. The molecular formula is C20H20N2O6S. The molecule has 0 unspecified atom stereocenters. The van der Waals surface area contributed by atoms with Crippen molar-refractivity contribution in [3.63, 3.8) is 0 Å². The summed E-state index contributed by atoms with van der Waals surface area (Å²) >= 11 is 1.09. The van der Waals surface area contributed by atoms with E-state index in [0.717, 1.165) is 11.8 Å². The fourth-order valence-corrected chi connectivity index (χ4v) is 3.55. The van der Waals surface area contributed by atoms with Crippen molar-refractivity contribution < 1.29 is 28.3 Å². The monoisotopic (exact) mass is 416 g/mol. The fraction of sp³-hybridized carbons (Fsp3) is 0.300. The van der Waals surface area contributed by atoms with Gasteiger partial charge in [-0.15, -0.1) is 0 Å². The molecule has 29 heavy (non-hydrogen) atoms. The number of oxazole rings is 1. The van der Waals surface area contributed by atoms with E-state index in [0.29, 0.717) is 33.1 Å². The summed E-state index contributed by atoms with van der Waals surface area (Å²) in [6.45, 7) is 4.79. The second kappa shape index (κ2) is 8.52. The highest BCUT2D eigenvalue weighted by Gasteiger charge is 2.27. The van der Waals surface area contributed by atoms with E-state index in [1.807, 2.05) is 18.2 Å². The Bertz CT molecular complexity index is 1050. The molecule has 0 aliphatic heterocycles. The number of methoxy groups -OCH3 is 1. The maximum absolute atomic E-state index is 12.7. The van der Waals surface area contributed by atoms with Gasteiger partial charge in [-0.25, -0.2) is 9.78 Å². The van der Waals surface area contributed by atoms with E-state index < -0.39 is 23.8 Å². The van der Waals surface area contributed by atoms with Crippen molar-refractivity contribution in [1.29, 1.82) is 0 Å². The highest BCUT2D eigenvalue weighted by Crippen LogP contribution is 2.24. The van der Waals surface area contributed by atoms with Crippen molar-refractivity contribution in [2.45, 2.75) is 32.1 Å². The van der Waals surface area contributed by atoms with Gasteiger partial charge in [-0.2, -0.15) is 0 Å². The molecule has 0 aliphatic carbocycles. The number of carbonyl (C=O) groups excluding carboxylic acids is 3. The van der Waals surface area contributed by atoms with Crippen LogP contribution in [0, 0.1) is 13.8 Å². The largest absolute Gasteiger partial charge is 0.465 e. The Labute approximate surface area is 171 Å². The number of hydrogen-bond donors (Lipinski definition) is 1. The smallest absolute Gasteiger partial charge is 0.339 e. The Morgan fingerprint density at radius 2 is 1.97 bits per heavy atom. The fourth-order valence-electron chi connectivity index (χ4n) is 2.93. The number of H-pyrrole nitrogens is 1. The number of esters is 2. The first-order valence-corrected chi connectivity index (χ1v) is 9.80. The van der Waals surface area contributed by atoms with E-state index in [9.17, 15) is 14.4 Å². The maximum atomic E-state index is 12.7. The number of rotatable bonds is 7. The number of fused-ring (bicyclic) bond motifs is 1. The van der Waals surface area contributed by atoms with Crippen LogP contribution in [-0.4, -0.2) is 46.7 Å². The number of aromatic amines is 1. The van der Waals surface area contributed by atoms with Gasteiger partial charge in [0.2, 0.25) is 5.78 Å². The highest BCUT2D eigenvalue weighted by atomic mass is 32.2. The number of ether oxygens (including phenoxy) is 2. The van der Waals surface area contributed by atoms with Crippen molar-refractivity contribution in [2.24, 2.45) is 0 Å². The summed E-state index contributed by atoms with van der Waals surface area (Å²) in [6.07, 6.45) is -1.02. The van der Waals surface area contributed by atoms with Crippen molar-refractivity contribution >= 4 is 40.6 Å². The van der Waals surface area contributed by atoms with Crippen molar-refractivity contribution in [3.05, 3.63) is 46.8 Å². The van der Waals surface area contributed by atoms with Crippen LogP contribution in [0.3, 0.4) is 0 Å². The zero-order valence-corrected chi connectivity index (χ0v) is 17.2. The third kappa shape index (κ3) is 4.34. The Balaban J connectivity index is 1.62. The van der Waals surface area contributed by atoms with Crippen LogP contribution in [0.2, 0.25) is 0 Å². The first-order valence-electron chi connectivity index (χ1n) is 8.81. The minimum absolute atomic E-state index is 0.0550. The van der Waals surface area contributed by atoms with Gasteiger partial charge in [-0.05, 0) is 38.5 Å². The molecule has 152 valence electrons. The first-order chi connectivity index (χ1) is 13.8. The number of ketones is 1. The van der Waals surface area contributed by atoms with Crippen LogP contribution in [0.4, 0.5) is 0 Å². The Kier molecular flexibility index (Phi) is 6.07. The third-order valence-corrected chi connectivity index (χ3v) is 5.14. The van der Waals surface area contributed by atoms with E-state index in [2.05, 4.69) is 9.97 Å².